The molecule has 1 aliphatic rings. The molecular weight excluding hydrogens is 328 g/mol. The number of Topliss-reactive ketones (excluding diaryl/α,β-unsaturated/α-hetero) is 1. The molecule has 0 radical (unpaired) electrons. The SMILES string of the molecule is CCOC(=O)C1(C(c2ccccc2)c2ccc(OC)cc2)CCCC1=O. The number of carbonyl (C=O) groups excluding carboxylic acids is 2. The lowest BCUT2D eigenvalue weighted by atomic mass is 9.67. The predicted molar refractivity (Wildman–Crippen MR) is 99.2 cm³/mol. The van der Waals surface area contributed by atoms with Crippen LogP contribution in [0.1, 0.15) is 43.2 Å². The van der Waals surface area contributed by atoms with Gasteiger partial charge in [0, 0.05) is 12.3 Å². The summed E-state index contributed by atoms with van der Waals surface area (Å²) in [7, 11) is 1.62. The first kappa shape index (κ1) is 18.2. The van der Waals surface area contributed by atoms with E-state index >= 15 is 0 Å². The van der Waals surface area contributed by atoms with Gasteiger partial charge in [-0.25, -0.2) is 0 Å². The Bertz CT molecular complexity index is 766. The van der Waals surface area contributed by atoms with Crippen molar-refractivity contribution in [2.75, 3.05) is 13.7 Å². The molecule has 0 heterocycles. The van der Waals surface area contributed by atoms with Gasteiger partial charge in [0.25, 0.3) is 0 Å². The van der Waals surface area contributed by atoms with E-state index in [4.69, 9.17) is 9.47 Å². The summed E-state index contributed by atoms with van der Waals surface area (Å²) in [6.45, 7) is 2.04. The van der Waals surface area contributed by atoms with Gasteiger partial charge < -0.3 is 9.47 Å². The zero-order valence-electron chi connectivity index (χ0n) is 15.2. The van der Waals surface area contributed by atoms with E-state index in [1.807, 2.05) is 54.6 Å². The average molecular weight is 352 g/mol. The monoisotopic (exact) mass is 352 g/mol. The Morgan fingerprint density at radius 3 is 2.27 bits per heavy atom. The zero-order chi connectivity index (χ0) is 18.6. The molecule has 4 heteroatoms. The van der Waals surface area contributed by atoms with Crippen LogP contribution in [-0.2, 0) is 14.3 Å². The molecule has 1 fully saturated rings. The fourth-order valence-electron chi connectivity index (χ4n) is 3.99. The highest BCUT2D eigenvalue weighted by Gasteiger charge is 2.56. The smallest absolute Gasteiger partial charge is 0.320 e. The number of benzene rings is 2. The van der Waals surface area contributed by atoms with E-state index in [0.717, 1.165) is 16.9 Å². The molecule has 2 unspecified atom stereocenters. The first-order valence-corrected chi connectivity index (χ1v) is 9.03. The van der Waals surface area contributed by atoms with Gasteiger partial charge in [0.1, 0.15) is 11.2 Å². The number of esters is 1. The summed E-state index contributed by atoms with van der Waals surface area (Å²) in [5, 5.41) is 0. The van der Waals surface area contributed by atoms with Crippen LogP contribution < -0.4 is 4.74 Å². The predicted octanol–water partition coefficient (Wildman–Crippen LogP) is 4.13. The summed E-state index contributed by atoms with van der Waals surface area (Å²) < 4.78 is 10.6. The lowest BCUT2D eigenvalue weighted by molar-refractivity contribution is -0.159. The van der Waals surface area contributed by atoms with Crippen molar-refractivity contribution in [3.63, 3.8) is 0 Å². The molecule has 1 aliphatic carbocycles. The van der Waals surface area contributed by atoms with Crippen molar-refractivity contribution in [3.05, 3.63) is 65.7 Å². The standard InChI is InChI=1S/C22H24O4/c1-3-26-21(24)22(15-7-10-19(22)23)20(16-8-5-4-6-9-16)17-11-13-18(25-2)14-12-17/h4-6,8-9,11-14,20H,3,7,10,15H2,1-2H3. The summed E-state index contributed by atoms with van der Waals surface area (Å²) in [4.78, 5) is 26.0. The third kappa shape index (κ3) is 3.12. The molecule has 0 amide bonds. The highest BCUT2D eigenvalue weighted by molar-refractivity contribution is 6.06. The number of ketones is 1. The van der Waals surface area contributed by atoms with Crippen molar-refractivity contribution >= 4 is 11.8 Å². The first-order valence-electron chi connectivity index (χ1n) is 9.03. The van der Waals surface area contributed by atoms with Crippen LogP contribution in [0.15, 0.2) is 54.6 Å². The molecule has 2 aromatic rings. The van der Waals surface area contributed by atoms with Crippen molar-refractivity contribution in [1.82, 2.24) is 0 Å². The topological polar surface area (TPSA) is 52.6 Å². The van der Waals surface area contributed by atoms with Crippen molar-refractivity contribution in [1.29, 1.82) is 0 Å². The van der Waals surface area contributed by atoms with Crippen LogP contribution in [0.3, 0.4) is 0 Å². The van der Waals surface area contributed by atoms with Crippen molar-refractivity contribution in [2.45, 2.75) is 32.1 Å². The molecule has 0 N–H and O–H groups in total. The Morgan fingerprint density at radius 1 is 1.08 bits per heavy atom. The second-order valence-electron chi connectivity index (χ2n) is 6.59. The molecule has 0 spiro atoms. The normalized spacial score (nSPS) is 20.6. The van der Waals surface area contributed by atoms with E-state index in [-0.39, 0.29) is 18.3 Å². The average Bonchev–Trinajstić information content (AvgIpc) is 3.06. The summed E-state index contributed by atoms with van der Waals surface area (Å²) in [5.74, 6) is -0.0695. The molecule has 1 saturated carbocycles. The van der Waals surface area contributed by atoms with E-state index in [0.29, 0.717) is 19.3 Å². The first-order chi connectivity index (χ1) is 12.6. The highest BCUT2D eigenvalue weighted by Crippen LogP contribution is 2.50. The summed E-state index contributed by atoms with van der Waals surface area (Å²) in [5.41, 5.74) is 0.702. The van der Waals surface area contributed by atoms with Gasteiger partial charge in [-0.05, 0) is 43.0 Å². The second-order valence-corrected chi connectivity index (χ2v) is 6.59. The summed E-state index contributed by atoms with van der Waals surface area (Å²) in [6.07, 6.45) is 1.63. The van der Waals surface area contributed by atoms with Crippen LogP contribution in [0.4, 0.5) is 0 Å². The van der Waals surface area contributed by atoms with E-state index in [9.17, 15) is 9.59 Å². The fourth-order valence-corrected chi connectivity index (χ4v) is 3.99. The van der Waals surface area contributed by atoms with Gasteiger partial charge in [-0.15, -0.1) is 0 Å². The van der Waals surface area contributed by atoms with Gasteiger partial charge in [-0.3, -0.25) is 9.59 Å². The van der Waals surface area contributed by atoms with Crippen LogP contribution in [0, 0.1) is 5.41 Å². The number of methoxy groups -OCH3 is 1. The molecule has 0 bridgehead atoms. The van der Waals surface area contributed by atoms with Gasteiger partial charge in [-0.2, -0.15) is 0 Å². The maximum atomic E-state index is 13.0. The largest absolute Gasteiger partial charge is 0.497 e. The third-order valence-electron chi connectivity index (χ3n) is 5.19. The fraction of sp³-hybridized carbons (Fsp3) is 0.364. The number of hydrogen-bond acceptors (Lipinski definition) is 4. The molecule has 2 aromatic carbocycles. The van der Waals surface area contributed by atoms with E-state index in [1.54, 1.807) is 14.0 Å². The Kier molecular flexibility index (Phi) is 5.40. The Balaban J connectivity index is 2.17. The van der Waals surface area contributed by atoms with Crippen molar-refractivity contribution in [3.8, 4) is 5.75 Å². The number of rotatable bonds is 6. The van der Waals surface area contributed by atoms with Crippen LogP contribution in [-0.4, -0.2) is 25.5 Å². The Labute approximate surface area is 154 Å². The molecular formula is C22H24O4. The van der Waals surface area contributed by atoms with Crippen LogP contribution in [0.2, 0.25) is 0 Å². The molecule has 0 aromatic heterocycles. The molecule has 2 atom stereocenters. The lowest BCUT2D eigenvalue weighted by Crippen LogP contribution is -2.43. The Hall–Kier alpha value is -2.62. The zero-order valence-corrected chi connectivity index (χ0v) is 15.2. The van der Waals surface area contributed by atoms with Crippen molar-refractivity contribution < 1.29 is 19.1 Å². The number of hydrogen-bond donors (Lipinski definition) is 0. The lowest BCUT2D eigenvalue weighted by Gasteiger charge is -2.34. The third-order valence-corrected chi connectivity index (χ3v) is 5.19. The van der Waals surface area contributed by atoms with Gasteiger partial charge in [-0.1, -0.05) is 42.5 Å². The number of ether oxygens (including phenoxy) is 2. The molecule has 0 saturated heterocycles. The minimum absolute atomic E-state index is 0.0272. The maximum absolute atomic E-state index is 13.0. The van der Waals surface area contributed by atoms with Gasteiger partial charge in [0.2, 0.25) is 0 Å². The van der Waals surface area contributed by atoms with Gasteiger partial charge in [0.05, 0.1) is 13.7 Å². The Morgan fingerprint density at radius 2 is 1.73 bits per heavy atom. The van der Waals surface area contributed by atoms with Crippen LogP contribution in [0.5, 0.6) is 5.75 Å². The second kappa shape index (κ2) is 7.73. The maximum Gasteiger partial charge on any atom is 0.320 e. The van der Waals surface area contributed by atoms with E-state index in [2.05, 4.69) is 0 Å². The minimum atomic E-state index is -1.16. The van der Waals surface area contributed by atoms with Crippen LogP contribution in [0.25, 0.3) is 0 Å². The molecule has 4 nitrogen and oxygen atoms in total. The van der Waals surface area contributed by atoms with Gasteiger partial charge in [0.15, 0.2) is 5.78 Å². The van der Waals surface area contributed by atoms with Gasteiger partial charge >= 0.3 is 5.97 Å². The van der Waals surface area contributed by atoms with E-state index in [1.165, 1.54) is 0 Å². The molecule has 0 aliphatic heterocycles. The molecule has 3 rings (SSSR count). The quantitative estimate of drug-likeness (QED) is 0.579. The molecule has 26 heavy (non-hydrogen) atoms. The number of carbonyl (C=O) groups is 2. The minimum Gasteiger partial charge on any atom is -0.497 e. The molecule has 136 valence electrons. The van der Waals surface area contributed by atoms with Crippen LogP contribution >= 0.6 is 0 Å². The summed E-state index contributed by atoms with van der Waals surface area (Å²) in [6, 6.07) is 17.3. The highest BCUT2D eigenvalue weighted by atomic mass is 16.5. The van der Waals surface area contributed by atoms with E-state index < -0.39 is 11.4 Å². The summed E-state index contributed by atoms with van der Waals surface area (Å²) >= 11 is 0. The van der Waals surface area contributed by atoms with Crippen molar-refractivity contribution in [2.24, 2.45) is 5.41 Å².